The van der Waals surface area contributed by atoms with E-state index in [1.165, 1.54) is 25.7 Å². The first-order valence-electron chi connectivity index (χ1n) is 8.04. The normalized spacial score (nSPS) is 18.3. The lowest BCUT2D eigenvalue weighted by Gasteiger charge is -2.19. The van der Waals surface area contributed by atoms with Gasteiger partial charge >= 0.3 is 0 Å². The molecule has 1 aromatic carbocycles. The predicted molar refractivity (Wildman–Crippen MR) is 84.1 cm³/mol. The van der Waals surface area contributed by atoms with Crippen molar-refractivity contribution in [3.8, 4) is 5.75 Å². The molecule has 1 aromatic rings. The molecule has 0 unspecified atom stereocenters. The van der Waals surface area contributed by atoms with Crippen molar-refractivity contribution >= 4 is 11.4 Å². The zero-order chi connectivity index (χ0) is 13.9. The van der Waals surface area contributed by atoms with Crippen LogP contribution in [0.25, 0.3) is 0 Å². The van der Waals surface area contributed by atoms with Crippen LogP contribution in [0.5, 0.6) is 5.75 Å². The minimum absolute atomic E-state index is 0.723. The summed E-state index contributed by atoms with van der Waals surface area (Å²) >= 11 is 0. The monoisotopic (exact) mass is 274 g/mol. The van der Waals surface area contributed by atoms with Crippen LogP contribution >= 0.6 is 0 Å². The van der Waals surface area contributed by atoms with Gasteiger partial charge < -0.3 is 15.8 Å². The summed E-state index contributed by atoms with van der Waals surface area (Å²) in [6.45, 7) is 3.89. The summed E-state index contributed by atoms with van der Waals surface area (Å²) in [5.41, 5.74) is 7.99. The first kappa shape index (κ1) is 13.6. The van der Waals surface area contributed by atoms with Crippen molar-refractivity contribution < 1.29 is 4.74 Å². The van der Waals surface area contributed by atoms with Crippen LogP contribution in [0.1, 0.15) is 39.0 Å². The first-order chi connectivity index (χ1) is 9.79. The van der Waals surface area contributed by atoms with Gasteiger partial charge in [0.2, 0.25) is 0 Å². The Morgan fingerprint density at radius 3 is 2.55 bits per heavy atom. The first-order valence-corrected chi connectivity index (χ1v) is 8.04. The van der Waals surface area contributed by atoms with Gasteiger partial charge in [0.15, 0.2) is 0 Å². The summed E-state index contributed by atoms with van der Waals surface area (Å²) in [5.74, 6) is 3.60. The summed E-state index contributed by atoms with van der Waals surface area (Å²) in [6.07, 6.45) is 6.72. The molecule has 0 atom stereocenters. The molecule has 0 radical (unpaired) electrons. The summed E-state index contributed by atoms with van der Waals surface area (Å²) in [4.78, 5) is 0. The number of nitrogens with one attached hydrogen (secondary N) is 1. The molecule has 2 saturated carbocycles. The Bertz CT molecular complexity index is 440. The Balaban J connectivity index is 1.61. The van der Waals surface area contributed by atoms with Crippen LogP contribution in [0.15, 0.2) is 18.2 Å². The number of nitrogen functional groups attached to an aromatic ring is 1. The lowest BCUT2D eigenvalue weighted by Crippen LogP contribution is -2.19. The molecule has 0 bridgehead atoms. The molecule has 0 saturated heterocycles. The topological polar surface area (TPSA) is 47.3 Å². The van der Waals surface area contributed by atoms with E-state index in [0.717, 1.165) is 54.5 Å². The second kappa shape index (κ2) is 5.94. The highest BCUT2D eigenvalue weighted by molar-refractivity contribution is 5.72. The molecule has 0 amide bonds. The Morgan fingerprint density at radius 2 is 1.95 bits per heavy atom. The van der Waals surface area contributed by atoms with Crippen LogP contribution in [0, 0.1) is 17.8 Å². The fraction of sp³-hybridized carbons (Fsp3) is 0.647. The molecule has 0 spiro atoms. The third-order valence-electron chi connectivity index (χ3n) is 4.51. The van der Waals surface area contributed by atoms with E-state index in [0.29, 0.717) is 0 Å². The molecule has 2 fully saturated rings. The van der Waals surface area contributed by atoms with Crippen LogP contribution in [0.2, 0.25) is 0 Å². The van der Waals surface area contributed by atoms with Gasteiger partial charge in [0.05, 0.1) is 18.0 Å². The predicted octanol–water partition coefficient (Wildman–Crippen LogP) is 3.91. The Kier molecular flexibility index (Phi) is 4.04. The standard InChI is InChI=1S/C17H26N2O/c1-2-10-20-16-5-3-4-15(17(16)18)19-11-14(12-6-7-12)13-8-9-13/h3-5,12-14,19H,2,6-11,18H2,1H3. The van der Waals surface area contributed by atoms with Gasteiger partial charge in [-0.15, -0.1) is 0 Å². The minimum Gasteiger partial charge on any atom is -0.491 e. The van der Waals surface area contributed by atoms with Crippen molar-refractivity contribution in [2.45, 2.75) is 39.0 Å². The van der Waals surface area contributed by atoms with Gasteiger partial charge in [-0.3, -0.25) is 0 Å². The molecule has 2 aliphatic carbocycles. The van der Waals surface area contributed by atoms with E-state index in [2.05, 4.69) is 18.3 Å². The van der Waals surface area contributed by atoms with E-state index in [9.17, 15) is 0 Å². The molecule has 110 valence electrons. The number of nitrogens with two attached hydrogens (primary N) is 1. The molecular formula is C17H26N2O. The van der Waals surface area contributed by atoms with E-state index >= 15 is 0 Å². The van der Waals surface area contributed by atoms with Gasteiger partial charge in [0, 0.05) is 6.54 Å². The SMILES string of the molecule is CCCOc1cccc(NCC(C2CC2)C2CC2)c1N. The molecule has 2 aliphatic rings. The van der Waals surface area contributed by atoms with Crippen LogP contribution in [-0.2, 0) is 0 Å². The van der Waals surface area contributed by atoms with E-state index in [-0.39, 0.29) is 0 Å². The van der Waals surface area contributed by atoms with Crippen LogP contribution in [-0.4, -0.2) is 13.2 Å². The highest BCUT2D eigenvalue weighted by Crippen LogP contribution is 2.49. The maximum Gasteiger partial charge on any atom is 0.144 e. The molecule has 3 heteroatoms. The van der Waals surface area contributed by atoms with Crippen LogP contribution in [0.3, 0.4) is 0 Å². The number of para-hydroxylation sites is 1. The van der Waals surface area contributed by atoms with Gasteiger partial charge in [-0.2, -0.15) is 0 Å². The third kappa shape index (κ3) is 3.20. The number of anilines is 2. The molecule has 0 aliphatic heterocycles. The van der Waals surface area contributed by atoms with Crippen molar-refractivity contribution in [3.05, 3.63) is 18.2 Å². The number of rotatable bonds is 8. The lowest BCUT2D eigenvalue weighted by atomic mass is 9.98. The number of hydrogen-bond acceptors (Lipinski definition) is 3. The van der Waals surface area contributed by atoms with Gasteiger partial charge in [0.1, 0.15) is 5.75 Å². The average molecular weight is 274 g/mol. The molecule has 20 heavy (non-hydrogen) atoms. The van der Waals surface area contributed by atoms with Gasteiger partial charge in [0.25, 0.3) is 0 Å². The molecule has 3 nitrogen and oxygen atoms in total. The zero-order valence-electron chi connectivity index (χ0n) is 12.4. The summed E-state index contributed by atoms with van der Waals surface area (Å²) < 4.78 is 5.69. The number of benzene rings is 1. The highest BCUT2D eigenvalue weighted by atomic mass is 16.5. The zero-order valence-corrected chi connectivity index (χ0v) is 12.4. The maximum absolute atomic E-state index is 6.21. The number of hydrogen-bond donors (Lipinski definition) is 2. The summed E-state index contributed by atoms with van der Waals surface area (Å²) in [7, 11) is 0. The van der Waals surface area contributed by atoms with E-state index in [1.807, 2.05) is 12.1 Å². The Morgan fingerprint density at radius 1 is 1.25 bits per heavy atom. The lowest BCUT2D eigenvalue weighted by molar-refractivity contribution is 0.319. The Hall–Kier alpha value is -1.38. The number of ether oxygens (including phenoxy) is 1. The fourth-order valence-electron chi connectivity index (χ4n) is 3.03. The third-order valence-corrected chi connectivity index (χ3v) is 4.51. The smallest absolute Gasteiger partial charge is 0.144 e. The minimum atomic E-state index is 0.723. The van der Waals surface area contributed by atoms with Crippen LogP contribution in [0.4, 0.5) is 11.4 Å². The van der Waals surface area contributed by atoms with E-state index < -0.39 is 0 Å². The second-order valence-electron chi connectivity index (χ2n) is 6.29. The van der Waals surface area contributed by atoms with Crippen molar-refractivity contribution in [1.82, 2.24) is 0 Å². The average Bonchev–Trinajstić information content (AvgIpc) is 3.33. The quantitative estimate of drug-likeness (QED) is 0.707. The molecule has 0 aromatic heterocycles. The van der Waals surface area contributed by atoms with Crippen molar-refractivity contribution in [3.63, 3.8) is 0 Å². The largest absolute Gasteiger partial charge is 0.491 e. The molecule has 0 heterocycles. The molecule has 3 N–H and O–H groups in total. The van der Waals surface area contributed by atoms with E-state index in [1.54, 1.807) is 0 Å². The maximum atomic E-state index is 6.21. The van der Waals surface area contributed by atoms with Crippen molar-refractivity contribution in [2.24, 2.45) is 17.8 Å². The van der Waals surface area contributed by atoms with Crippen molar-refractivity contribution in [2.75, 3.05) is 24.2 Å². The van der Waals surface area contributed by atoms with Crippen molar-refractivity contribution in [1.29, 1.82) is 0 Å². The fourth-order valence-corrected chi connectivity index (χ4v) is 3.03. The summed E-state index contributed by atoms with van der Waals surface area (Å²) in [5, 5.41) is 3.57. The van der Waals surface area contributed by atoms with Gasteiger partial charge in [-0.25, -0.2) is 0 Å². The highest BCUT2D eigenvalue weighted by Gasteiger charge is 2.41. The molecular weight excluding hydrogens is 248 g/mol. The van der Waals surface area contributed by atoms with Crippen LogP contribution < -0.4 is 15.8 Å². The van der Waals surface area contributed by atoms with E-state index in [4.69, 9.17) is 10.5 Å². The summed E-state index contributed by atoms with van der Waals surface area (Å²) in [6, 6.07) is 6.04. The second-order valence-corrected chi connectivity index (χ2v) is 6.29. The van der Waals surface area contributed by atoms with Gasteiger partial charge in [-0.1, -0.05) is 13.0 Å². The molecule has 3 rings (SSSR count). The van der Waals surface area contributed by atoms with Gasteiger partial charge in [-0.05, 0) is 62.0 Å². The Labute approximate surface area is 121 Å².